The molecule has 0 aliphatic rings. The number of benzene rings is 1. The molecule has 0 spiro atoms. The van der Waals surface area contributed by atoms with Gasteiger partial charge in [0.15, 0.2) is 0 Å². The molecule has 1 aromatic carbocycles. The van der Waals surface area contributed by atoms with Gasteiger partial charge in [-0.05, 0) is 25.5 Å². The molecular formula is C12H12ClNO2. The van der Waals surface area contributed by atoms with Crippen molar-refractivity contribution in [1.82, 2.24) is 0 Å². The molecule has 0 aromatic heterocycles. The number of hydrogen-bond donors (Lipinski definition) is 0. The Bertz CT molecular complexity index is 424. The van der Waals surface area contributed by atoms with Crippen LogP contribution in [-0.4, -0.2) is 12.4 Å². The van der Waals surface area contributed by atoms with Gasteiger partial charge in [0, 0.05) is 6.42 Å². The van der Waals surface area contributed by atoms with Crippen LogP contribution in [0.25, 0.3) is 0 Å². The highest BCUT2D eigenvalue weighted by Crippen LogP contribution is 2.25. The maximum absolute atomic E-state index is 10.7. The summed E-state index contributed by atoms with van der Waals surface area (Å²) in [6.45, 7) is 1.95. The van der Waals surface area contributed by atoms with E-state index in [1.54, 1.807) is 25.1 Å². The largest absolute Gasteiger partial charge is 0.492 e. The first-order valence-electron chi connectivity index (χ1n) is 4.96. The molecule has 0 aliphatic carbocycles. The van der Waals surface area contributed by atoms with E-state index in [1.165, 1.54) is 0 Å². The summed E-state index contributed by atoms with van der Waals surface area (Å²) in [7, 11) is 0. The number of ether oxygens (including phenoxy) is 1. The number of nitrogens with zero attached hydrogens (tertiary/aromatic N) is 1. The number of hydrogen-bond acceptors (Lipinski definition) is 3. The Balaban J connectivity index is 2.58. The molecule has 0 saturated carbocycles. The first kappa shape index (κ1) is 12.5. The highest BCUT2D eigenvalue weighted by molar-refractivity contribution is 6.31. The second-order valence-corrected chi connectivity index (χ2v) is 3.79. The molecule has 0 heterocycles. The van der Waals surface area contributed by atoms with Crippen LogP contribution in [0, 0.1) is 11.3 Å². The van der Waals surface area contributed by atoms with Crippen LogP contribution in [0.2, 0.25) is 5.02 Å². The van der Waals surface area contributed by atoms with Crippen LogP contribution in [0.1, 0.15) is 25.3 Å². The number of ketones is 1. The fraction of sp³-hybridized carbons (Fsp3) is 0.333. The van der Waals surface area contributed by atoms with Gasteiger partial charge in [0.25, 0.3) is 0 Å². The van der Waals surface area contributed by atoms with Crippen molar-refractivity contribution in [3.63, 3.8) is 0 Å². The normalized spacial score (nSPS) is 9.56. The lowest BCUT2D eigenvalue weighted by Gasteiger charge is -2.07. The van der Waals surface area contributed by atoms with Gasteiger partial charge in [0.2, 0.25) is 0 Å². The smallest absolute Gasteiger partial charge is 0.138 e. The predicted octanol–water partition coefficient (Wildman–Crippen LogP) is 2.96. The van der Waals surface area contributed by atoms with E-state index >= 15 is 0 Å². The molecule has 0 saturated heterocycles. The molecule has 1 rings (SSSR count). The second kappa shape index (κ2) is 6.14. The standard InChI is InChI=1S/C12H12ClNO2/c1-9(15)4-3-7-16-12-6-2-5-11(13)10(12)8-14/h2,5-6H,3-4,7H2,1H3. The first-order chi connectivity index (χ1) is 7.65. The van der Waals surface area contributed by atoms with Crippen molar-refractivity contribution in [1.29, 1.82) is 5.26 Å². The van der Waals surface area contributed by atoms with Gasteiger partial charge in [0.05, 0.1) is 11.6 Å². The van der Waals surface area contributed by atoms with Crippen molar-refractivity contribution in [3.8, 4) is 11.8 Å². The summed E-state index contributed by atoms with van der Waals surface area (Å²) in [6, 6.07) is 7.05. The fourth-order valence-corrected chi connectivity index (χ4v) is 1.44. The van der Waals surface area contributed by atoms with Gasteiger partial charge in [-0.3, -0.25) is 0 Å². The van der Waals surface area contributed by atoms with Crippen molar-refractivity contribution in [2.75, 3.05) is 6.61 Å². The monoisotopic (exact) mass is 237 g/mol. The lowest BCUT2D eigenvalue weighted by atomic mass is 10.2. The minimum Gasteiger partial charge on any atom is -0.492 e. The molecule has 0 N–H and O–H groups in total. The van der Waals surface area contributed by atoms with Gasteiger partial charge in [-0.15, -0.1) is 0 Å². The van der Waals surface area contributed by atoms with Crippen molar-refractivity contribution < 1.29 is 9.53 Å². The third-order valence-electron chi connectivity index (χ3n) is 2.02. The maximum atomic E-state index is 10.7. The highest BCUT2D eigenvalue weighted by Gasteiger charge is 2.06. The number of rotatable bonds is 5. The van der Waals surface area contributed by atoms with Gasteiger partial charge < -0.3 is 9.53 Å². The van der Waals surface area contributed by atoms with Crippen LogP contribution in [0.4, 0.5) is 0 Å². The third-order valence-corrected chi connectivity index (χ3v) is 2.33. The first-order valence-corrected chi connectivity index (χ1v) is 5.34. The quantitative estimate of drug-likeness (QED) is 0.740. The molecule has 0 amide bonds. The lowest BCUT2D eigenvalue weighted by molar-refractivity contribution is -0.117. The summed E-state index contributed by atoms with van der Waals surface area (Å²) >= 11 is 5.84. The fourth-order valence-electron chi connectivity index (χ4n) is 1.24. The van der Waals surface area contributed by atoms with Crippen LogP contribution in [-0.2, 0) is 4.79 Å². The van der Waals surface area contributed by atoms with E-state index in [4.69, 9.17) is 21.6 Å². The summed E-state index contributed by atoms with van der Waals surface area (Å²) in [5.74, 6) is 0.605. The summed E-state index contributed by atoms with van der Waals surface area (Å²) in [5.41, 5.74) is 0.340. The Hall–Kier alpha value is -1.53. The van der Waals surface area contributed by atoms with Crippen molar-refractivity contribution >= 4 is 17.4 Å². The van der Waals surface area contributed by atoms with E-state index in [9.17, 15) is 4.79 Å². The number of nitriles is 1. The molecule has 1 aromatic rings. The zero-order chi connectivity index (χ0) is 12.0. The number of carbonyl (C=O) groups excluding carboxylic acids is 1. The zero-order valence-electron chi connectivity index (χ0n) is 9.00. The molecule has 4 heteroatoms. The average Bonchev–Trinajstić information content (AvgIpc) is 2.24. The molecule has 0 bridgehead atoms. The van der Waals surface area contributed by atoms with Crippen LogP contribution in [0.3, 0.4) is 0 Å². The molecule has 0 radical (unpaired) electrons. The molecule has 0 aliphatic heterocycles. The van der Waals surface area contributed by atoms with Gasteiger partial charge in [0.1, 0.15) is 23.2 Å². The molecule has 0 fully saturated rings. The van der Waals surface area contributed by atoms with Gasteiger partial charge in [-0.2, -0.15) is 5.26 Å². The summed E-state index contributed by atoms with van der Waals surface area (Å²) in [4.78, 5) is 10.7. The van der Waals surface area contributed by atoms with Crippen LogP contribution in [0.15, 0.2) is 18.2 Å². The number of carbonyl (C=O) groups is 1. The Morgan fingerprint density at radius 1 is 1.56 bits per heavy atom. The van der Waals surface area contributed by atoms with E-state index < -0.39 is 0 Å². The Labute approximate surface area is 99.6 Å². The number of halogens is 1. The minimum absolute atomic E-state index is 0.134. The third kappa shape index (κ3) is 3.56. The minimum atomic E-state index is 0.134. The van der Waals surface area contributed by atoms with Crippen molar-refractivity contribution in [3.05, 3.63) is 28.8 Å². The van der Waals surface area contributed by atoms with Gasteiger partial charge in [-0.1, -0.05) is 17.7 Å². The van der Waals surface area contributed by atoms with E-state index in [2.05, 4.69) is 0 Å². The molecule has 0 atom stereocenters. The Morgan fingerprint density at radius 3 is 2.94 bits per heavy atom. The predicted molar refractivity (Wildman–Crippen MR) is 61.6 cm³/mol. The molecular weight excluding hydrogens is 226 g/mol. The zero-order valence-corrected chi connectivity index (χ0v) is 9.75. The number of Topliss-reactive ketones (excluding diaryl/α,β-unsaturated/α-hetero) is 1. The Morgan fingerprint density at radius 2 is 2.31 bits per heavy atom. The van der Waals surface area contributed by atoms with E-state index in [-0.39, 0.29) is 5.78 Å². The highest BCUT2D eigenvalue weighted by atomic mass is 35.5. The van der Waals surface area contributed by atoms with Crippen LogP contribution >= 0.6 is 11.6 Å². The average molecular weight is 238 g/mol. The topological polar surface area (TPSA) is 50.1 Å². The van der Waals surface area contributed by atoms with E-state index in [1.807, 2.05) is 6.07 Å². The van der Waals surface area contributed by atoms with Crippen molar-refractivity contribution in [2.24, 2.45) is 0 Å². The van der Waals surface area contributed by atoms with E-state index in [0.29, 0.717) is 35.8 Å². The molecule has 3 nitrogen and oxygen atoms in total. The maximum Gasteiger partial charge on any atom is 0.138 e. The van der Waals surface area contributed by atoms with Crippen LogP contribution in [0.5, 0.6) is 5.75 Å². The van der Waals surface area contributed by atoms with Gasteiger partial charge >= 0.3 is 0 Å². The van der Waals surface area contributed by atoms with Crippen molar-refractivity contribution in [2.45, 2.75) is 19.8 Å². The SMILES string of the molecule is CC(=O)CCCOc1cccc(Cl)c1C#N. The van der Waals surface area contributed by atoms with Gasteiger partial charge in [-0.25, -0.2) is 0 Å². The molecule has 16 heavy (non-hydrogen) atoms. The van der Waals surface area contributed by atoms with E-state index in [0.717, 1.165) is 0 Å². The lowest BCUT2D eigenvalue weighted by Crippen LogP contribution is -2.01. The summed E-state index contributed by atoms with van der Waals surface area (Å²) < 4.78 is 5.40. The second-order valence-electron chi connectivity index (χ2n) is 3.38. The summed E-state index contributed by atoms with van der Waals surface area (Å²) in [6.07, 6.45) is 1.13. The van der Waals surface area contributed by atoms with Crippen LogP contribution < -0.4 is 4.74 Å². The Kier molecular flexibility index (Phi) is 4.81. The molecule has 84 valence electrons. The molecule has 0 unspecified atom stereocenters. The summed E-state index contributed by atoms with van der Waals surface area (Å²) in [5, 5.41) is 9.26.